The average molecular weight is 342 g/mol. The van der Waals surface area contributed by atoms with Gasteiger partial charge in [0.1, 0.15) is 11.2 Å². The van der Waals surface area contributed by atoms with Gasteiger partial charge in [0.25, 0.3) is 0 Å². The molecule has 1 atom stereocenters. The number of aryl methyl sites for hydroxylation is 1. The Balaban J connectivity index is 1.85. The topological polar surface area (TPSA) is 50.9 Å². The van der Waals surface area contributed by atoms with Gasteiger partial charge in [-0.15, -0.1) is 0 Å². The van der Waals surface area contributed by atoms with Crippen LogP contribution >= 0.6 is 11.6 Å². The molecule has 4 rings (SSSR count). The van der Waals surface area contributed by atoms with Gasteiger partial charge in [0.2, 0.25) is 0 Å². The number of pyridine rings is 2. The normalized spacial score (nSPS) is 16.8. The van der Waals surface area contributed by atoms with Crippen molar-refractivity contribution in [2.24, 2.45) is 0 Å². The maximum absolute atomic E-state index is 11.1. The van der Waals surface area contributed by atoms with E-state index < -0.39 is 5.60 Å². The van der Waals surface area contributed by atoms with Crippen LogP contribution < -0.4 is 0 Å². The first-order valence-corrected chi connectivity index (χ1v) is 8.72. The van der Waals surface area contributed by atoms with Crippen molar-refractivity contribution in [3.63, 3.8) is 0 Å². The molecule has 1 aliphatic carbocycles. The fourth-order valence-corrected chi connectivity index (χ4v) is 3.91. The number of hydrogen-bond donors (Lipinski definition) is 1. The van der Waals surface area contributed by atoms with E-state index >= 15 is 0 Å². The third-order valence-electron chi connectivity index (χ3n) is 4.95. The summed E-state index contributed by atoms with van der Waals surface area (Å²) in [5.74, 6) is 0. The van der Waals surface area contributed by atoms with Crippen LogP contribution in [0.3, 0.4) is 0 Å². The van der Waals surface area contributed by atoms with Gasteiger partial charge < -0.3 is 9.67 Å². The van der Waals surface area contributed by atoms with E-state index in [-0.39, 0.29) is 0 Å². The van der Waals surface area contributed by atoms with E-state index in [0.717, 1.165) is 29.4 Å². The minimum absolute atomic E-state index is 0.470. The molecule has 0 saturated carbocycles. The van der Waals surface area contributed by atoms with Crippen molar-refractivity contribution < 1.29 is 5.11 Å². The standard InChI is InChI=1S/C19H20ClN3O/c1-19(24,13-6-8-21-9-7-13)12-23-17-5-3-2-4-15(17)16-10-14(20)11-22-18(16)23/h6-11,24H,2-5,12H2,1H3. The highest BCUT2D eigenvalue weighted by Gasteiger charge is 2.28. The lowest BCUT2D eigenvalue weighted by atomic mass is 9.94. The van der Waals surface area contributed by atoms with Crippen molar-refractivity contribution in [3.8, 4) is 0 Å². The lowest BCUT2D eigenvalue weighted by molar-refractivity contribution is 0.0384. The zero-order chi connectivity index (χ0) is 16.7. The van der Waals surface area contributed by atoms with E-state index in [1.165, 1.54) is 24.1 Å². The third kappa shape index (κ3) is 2.60. The Kier molecular flexibility index (Phi) is 3.82. The first kappa shape index (κ1) is 15.6. The predicted molar refractivity (Wildman–Crippen MR) is 95.2 cm³/mol. The van der Waals surface area contributed by atoms with Crippen molar-refractivity contribution in [2.45, 2.75) is 44.8 Å². The van der Waals surface area contributed by atoms with Crippen LogP contribution in [0.1, 0.15) is 36.6 Å². The number of halogens is 1. The van der Waals surface area contributed by atoms with Gasteiger partial charge >= 0.3 is 0 Å². The van der Waals surface area contributed by atoms with Gasteiger partial charge in [0, 0.05) is 29.7 Å². The number of aliphatic hydroxyl groups is 1. The maximum atomic E-state index is 11.1. The molecule has 0 bridgehead atoms. The molecule has 3 heterocycles. The fourth-order valence-electron chi connectivity index (χ4n) is 3.75. The highest BCUT2D eigenvalue weighted by Crippen LogP contribution is 2.34. The third-order valence-corrected chi connectivity index (χ3v) is 5.15. The van der Waals surface area contributed by atoms with Crippen LogP contribution in [0, 0.1) is 0 Å². The predicted octanol–water partition coefficient (Wildman–Crippen LogP) is 3.87. The molecule has 0 radical (unpaired) electrons. The van der Waals surface area contributed by atoms with E-state index in [2.05, 4.69) is 14.5 Å². The Bertz CT molecular complexity index is 887. The Morgan fingerprint density at radius 2 is 2.00 bits per heavy atom. The molecule has 5 heteroatoms. The second-order valence-corrected chi connectivity index (χ2v) is 7.19. The zero-order valence-corrected chi connectivity index (χ0v) is 14.4. The van der Waals surface area contributed by atoms with E-state index in [0.29, 0.717) is 11.6 Å². The number of fused-ring (bicyclic) bond motifs is 3. The number of hydrogen-bond acceptors (Lipinski definition) is 3. The molecule has 0 fully saturated rings. The van der Waals surface area contributed by atoms with Gasteiger partial charge in [-0.2, -0.15) is 0 Å². The Hall–Kier alpha value is -1.91. The summed E-state index contributed by atoms with van der Waals surface area (Å²) < 4.78 is 2.18. The van der Waals surface area contributed by atoms with E-state index in [9.17, 15) is 5.11 Å². The summed E-state index contributed by atoms with van der Waals surface area (Å²) in [6.45, 7) is 2.32. The molecule has 124 valence electrons. The SMILES string of the molecule is CC(O)(Cn1c2c(c3cc(Cl)cnc31)CCCC2)c1ccncc1. The molecule has 24 heavy (non-hydrogen) atoms. The number of rotatable bonds is 3. The zero-order valence-electron chi connectivity index (χ0n) is 13.7. The quantitative estimate of drug-likeness (QED) is 0.786. The molecule has 3 aromatic rings. The molecule has 0 spiro atoms. The molecule has 1 N–H and O–H groups in total. The van der Waals surface area contributed by atoms with E-state index in [4.69, 9.17) is 11.6 Å². The maximum Gasteiger partial charge on any atom is 0.140 e. The van der Waals surface area contributed by atoms with Gasteiger partial charge in [-0.3, -0.25) is 4.98 Å². The first-order valence-electron chi connectivity index (χ1n) is 8.34. The Morgan fingerprint density at radius 3 is 2.79 bits per heavy atom. The monoisotopic (exact) mass is 341 g/mol. The van der Waals surface area contributed by atoms with Crippen LogP contribution in [0.5, 0.6) is 0 Å². The van der Waals surface area contributed by atoms with Crippen molar-refractivity contribution in [3.05, 3.63) is 58.6 Å². The summed E-state index contributed by atoms with van der Waals surface area (Å²) in [6.07, 6.45) is 9.56. The van der Waals surface area contributed by atoms with Crippen molar-refractivity contribution in [2.75, 3.05) is 0 Å². The molecule has 0 aromatic carbocycles. The van der Waals surface area contributed by atoms with Crippen LogP contribution in [0.25, 0.3) is 11.0 Å². The molecule has 0 aliphatic heterocycles. The van der Waals surface area contributed by atoms with Crippen LogP contribution in [0.4, 0.5) is 0 Å². The van der Waals surface area contributed by atoms with Crippen LogP contribution in [-0.4, -0.2) is 19.6 Å². The molecule has 0 amide bonds. The van der Waals surface area contributed by atoms with Gasteiger partial charge in [-0.05, 0) is 61.9 Å². The lowest BCUT2D eigenvalue weighted by Crippen LogP contribution is -2.29. The molecule has 1 aliphatic rings. The highest BCUT2D eigenvalue weighted by molar-refractivity contribution is 6.31. The molecular weight excluding hydrogens is 322 g/mol. The van der Waals surface area contributed by atoms with Gasteiger partial charge in [0.15, 0.2) is 0 Å². The minimum Gasteiger partial charge on any atom is -0.384 e. The summed E-state index contributed by atoms with van der Waals surface area (Å²) in [5, 5.41) is 12.9. The van der Waals surface area contributed by atoms with Crippen molar-refractivity contribution >= 4 is 22.6 Å². The summed E-state index contributed by atoms with van der Waals surface area (Å²) in [5.41, 5.74) is 3.43. The van der Waals surface area contributed by atoms with Crippen LogP contribution in [0.15, 0.2) is 36.8 Å². The smallest absolute Gasteiger partial charge is 0.140 e. The van der Waals surface area contributed by atoms with Gasteiger partial charge in [-0.25, -0.2) is 4.98 Å². The Labute approximate surface area is 146 Å². The van der Waals surface area contributed by atoms with Crippen LogP contribution in [-0.2, 0) is 25.0 Å². The summed E-state index contributed by atoms with van der Waals surface area (Å²) in [7, 11) is 0. The summed E-state index contributed by atoms with van der Waals surface area (Å²) in [6, 6.07) is 5.73. The molecule has 3 aromatic heterocycles. The van der Waals surface area contributed by atoms with Gasteiger partial charge in [-0.1, -0.05) is 11.6 Å². The first-order chi connectivity index (χ1) is 11.6. The number of nitrogens with zero attached hydrogens (tertiary/aromatic N) is 3. The number of aromatic nitrogens is 3. The molecule has 4 nitrogen and oxygen atoms in total. The van der Waals surface area contributed by atoms with Crippen molar-refractivity contribution in [1.82, 2.24) is 14.5 Å². The molecule has 0 saturated heterocycles. The van der Waals surface area contributed by atoms with E-state index in [1.54, 1.807) is 18.6 Å². The van der Waals surface area contributed by atoms with Crippen LogP contribution in [0.2, 0.25) is 5.02 Å². The fraction of sp³-hybridized carbons (Fsp3) is 0.368. The lowest BCUT2D eigenvalue weighted by Gasteiger charge is -2.26. The van der Waals surface area contributed by atoms with Gasteiger partial charge in [0.05, 0.1) is 11.6 Å². The van der Waals surface area contributed by atoms with E-state index in [1.807, 2.05) is 25.1 Å². The molecule has 1 unspecified atom stereocenters. The average Bonchev–Trinajstić information content (AvgIpc) is 2.89. The summed E-state index contributed by atoms with van der Waals surface area (Å²) >= 11 is 6.17. The van der Waals surface area contributed by atoms with Crippen molar-refractivity contribution in [1.29, 1.82) is 0 Å². The second kappa shape index (κ2) is 5.87. The Morgan fingerprint density at radius 1 is 1.25 bits per heavy atom. The molecular formula is C19H20ClN3O. The minimum atomic E-state index is -0.985. The highest BCUT2D eigenvalue weighted by atomic mass is 35.5. The second-order valence-electron chi connectivity index (χ2n) is 6.75. The summed E-state index contributed by atoms with van der Waals surface area (Å²) in [4.78, 5) is 8.61. The largest absolute Gasteiger partial charge is 0.384 e.